The van der Waals surface area contributed by atoms with Crippen molar-refractivity contribution < 1.29 is 23.1 Å². The quantitative estimate of drug-likeness (QED) is 0.575. The molecule has 0 aliphatic carbocycles. The summed E-state index contributed by atoms with van der Waals surface area (Å²) in [5, 5.41) is 2.83. The van der Waals surface area contributed by atoms with Crippen molar-refractivity contribution in [1.29, 1.82) is 0 Å². The molecule has 1 aliphatic rings. The molecule has 162 valence electrons. The first kappa shape index (κ1) is 21.2. The third kappa shape index (κ3) is 3.73. The van der Waals surface area contributed by atoms with Gasteiger partial charge in [0, 0.05) is 17.8 Å². The summed E-state index contributed by atoms with van der Waals surface area (Å²) in [6.45, 7) is 3.85. The van der Waals surface area contributed by atoms with Crippen LogP contribution in [0.3, 0.4) is 0 Å². The molecule has 0 atom stereocenters. The van der Waals surface area contributed by atoms with E-state index in [2.05, 4.69) is 5.32 Å². The van der Waals surface area contributed by atoms with Gasteiger partial charge in [-0.25, -0.2) is 13.7 Å². The Morgan fingerprint density at radius 3 is 2.31 bits per heavy atom. The fraction of sp³-hybridized carbons (Fsp3) is 0.120. The van der Waals surface area contributed by atoms with E-state index in [1.54, 1.807) is 30.3 Å². The Balaban J connectivity index is 1.84. The molecule has 0 saturated heterocycles. The molecule has 1 heterocycles. The topological polar surface area (TPSA) is 58.6 Å². The van der Waals surface area contributed by atoms with E-state index in [4.69, 9.17) is 4.74 Å². The molecular weight excluding hydrogens is 414 g/mol. The fourth-order valence-corrected chi connectivity index (χ4v) is 3.51. The van der Waals surface area contributed by atoms with Gasteiger partial charge in [0.15, 0.2) is 11.6 Å². The molecule has 3 aromatic rings. The number of hydrogen-bond acceptors (Lipinski definition) is 4. The minimum Gasteiger partial charge on any atom is -0.497 e. The van der Waals surface area contributed by atoms with Crippen molar-refractivity contribution in [3.05, 3.63) is 94.7 Å². The molecule has 0 spiro atoms. The maximum Gasteiger partial charge on any atom is 0.282 e. The molecular formula is C25H20F2N2O3. The van der Waals surface area contributed by atoms with Crippen LogP contribution in [0, 0.1) is 25.5 Å². The molecule has 5 nitrogen and oxygen atoms in total. The number of imide groups is 1. The Bertz CT molecular complexity index is 1280. The summed E-state index contributed by atoms with van der Waals surface area (Å²) in [6, 6.07) is 15.2. The van der Waals surface area contributed by atoms with E-state index in [0.717, 1.165) is 28.2 Å². The van der Waals surface area contributed by atoms with Crippen molar-refractivity contribution in [2.75, 3.05) is 17.3 Å². The van der Waals surface area contributed by atoms with Gasteiger partial charge in [0.25, 0.3) is 11.8 Å². The van der Waals surface area contributed by atoms with Crippen LogP contribution in [-0.4, -0.2) is 18.9 Å². The molecule has 4 rings (SSSR count). The van der Waals surface area contributed by atoms with Crippen molar-refractivity contribution in [2.45, 2.75) is 13.8 Å². The number of anilines is 2. The highest BCUT2D eigenvalue weighted by Crippen LogP contribution is 2.35. The van der Waals surface area contributed by atoms with Crippen LogP contribution in [0.4, 0.5) is 20.2 Å². The van der Waals surface area contributed by atoms with E-state index in [0.29, 0.717) is 17.0 Å². The monoisotopic (exact) mass is 434 g/mol. The van der Waals surface area contributed by atoms with Gasteiger partial charge in [-0.05, 0) is 54.8 Å². The van der Waals surface area contributed by atoms with Crippen LogP contribution < -0.4 is 15.0 Å². The number of aryl methyl sites for hydroxylation is 2. The van der Waals surface area contributed by atoms with Crippen LogP contribution in [0.25, 0.3) is 5.57 Å². The van der Waals surface area contributed by atoms with Gasteiger partial charge >= 0.3 is 0 Å². The van der Waals surface area contributed by atoms with E-state index in [9.17, 15) is 18.4 Å². The van der Waals surface area contributed by atoms with Gasteiger partial charge < -0.3 is 10.1 Å². The van der Waals surface area contributed by atoms with E-state index in [1.165, 1.54) is 13.2 Å². The summed E-state index contributed by atoms with van der Waals surface area (Å²) in [6.07, 6.45) is 0. The number of benzene rings is 3. The molecule has 0 bridgehead atoms. The van der Waals surface area contributed by atoms with E-state index in [1.807, 2.05) is 26.0 Å². The zero-order chi connectivity index (χ0) is 23.0. The Morgan fingerprint density at radius 2 is 1.62 bits per heavy atom. The fourth-order valence-electron chi connectivity index (χ4n) is 3.51. The Hall–Kier alpha value is -4.00. The second-order valence-corrected chi connectivity index (χ2v) is 7.45. The average molecular weight is 434 g/mol. The zero-order valence-electron chi connectivity index (χ0n) is 17.7. The number of nitrogens with one attached hydrogen (secondary N) is 1. The summed E-state index contributed by atoms with van der Waals surface area (Å²) < 4.78 is 32.4. The second kappa shape index (κ2) is 8.26. The molecule has 3 aromatic carbocycles. The van der Waals surface area contributed by atoms with Gasteiger partial charge in [-0.3, -0.25) is 9.59 Å². The van der Waals surface area contributed by atoms with Crippen LogP contribution in [0.5, 0.6) is 5.75 Å². The summed E-state index contributed by atoms with van der Waals surface area (Å²) in [5.41, 5.74) is 3.13. The summed E-state index contributed by atoms with van der Waals surface area (Å²) in [7, 11) is 1.49. The third-order valence-electron chi connectivity index (χ3n) is 5.38. The first-order valence-corrected chi connectivity index (χ1v) is 9.87. The lowest BCUT2D eigenvalue weighted by Gasteiger charge is -2.16. The van der Waals surface area contributed by atoms with Gasteiger partial charge in [-0.2, -0.15) is 0 Å². The number of ether oxygens (including phenoxy) is 1. The van der Waals surface area contributed by atoms with Gasteiger partial charge in [0.05, 0.1) is 18.4 Å². The summed E-state index contributed by atoms with van der Waals surface area (Å²) >= 11 is 0. The SMILES string of the molecule is COc1cccc(N2C(=O)C(Nc3ccc(F)c(F)c3)=C(c3ccc(C)c(C)c3)C2=O)c1. The van der Waals surface area contributed by atoms with Crippen LogP contribution in [0.1, 0.15) is 16.7 Å². The molecule has 0 fully saturated rings. The normalized spacial score (nSPS) is 13.7. The largest absolute Gasteiger partial charge is 0.497 e. The predicted octanol–water partition coefficient (Wildman–Crippen LogP) is 4.99. The van der Waals surface area contributed by atoms with Crippen molar-refractivity contribution in [2.24, 2.45) is 0 Å². The smallest absolute Gasteiger partial charge is 0.282 e. The summed E-state index contributed by atoms with van der Waals surface area (Å²) in [4.78, 5) is 27.9. The van der Waals surface area contributed by atoms with Crippen LogP contribution >= 0.6 is 0 Å². The lowest BCUT2D eigenvalue weighted by atomic mass is 9.99. The number of nitrogens with zero attached hydrogens (tertiary/aromatic N) is 1. The lowest BCUT2D eigenvalue weighted by Crippen LogP contribution is -2.32. The Labute approximate surface area is 183 Å². The molecule has 7 heteroatoms. The van der Waals surface area contributed by atoms with Gasteiger partial charge in [0.2, 0.25) is 0 Å². The number of amides is 2. The highest BCUT2D eigenvalue weighted by Gasteiger charge is 2.40. The first-order chi connectivity index (χ1) is 15.3. The standard InChI is InChI=1S/C25H20F2N2O3/c1-14-7-8-16(11-15(14)2)22-23(28-17-9-10-20(26)21(27)12-17)25(31)29(24(22)30)18-5-4-6-19(13-18)32-3/h4-13,28H,1-3H3. The second-order valence-electron chi connectivity index (χ2n) is 7.45. The highest BCUT2D eigenvalue weighted by molar-refractivity contribution is 6.46. The Morgan fingerprint density at radius 1 is 0.844 bits per heavy atom. The van der Waals surface area contributed by atoms with Gasteiger partial charge in [0.1, 0.15) is 11.4 Å². The number of carbonyl (C=O) groups is 2. The molecule has 0 aromatic heterocycles. The molecule has 32 heavy (non-hydrogen) atoms. The third-order valence-corrected chi connectivity index (χ3v) is 5.38. The predicted molar refractivity (Wildman–Crippen MR) is 118 cm³/mol. The molecule has 1 N–H and O–H groups in total. The number of hydrogen-bond donors (Lipinski definition) is 1. The van der Waals surface area contributed by atoms with Crippen molar-refractivity contribution in [3.8, 4) is 5.75 Å². The van der Waals surface area contributed by atoms with E-state index in [-0.39, 0.29) is 17.0 Å². The van der Waals surface area contributed by atoms with Crippen molar-refractivity contribution in [3.63, 3.8) is 0 Å². The first-order valence-electron chi connectivity index (χ1n) is 9.87. The van der Waals surface area contributed by atoms with E-state index >= 15 is 0 Å². The molecule has 0 unspecified atom stereocenters. The molecule has 1 aliphatic heterocycles. The van der Waals surface area contributed by atoms with Gasteiger partial charge in [-0.15, -0.1) is 0 Å². The van der Waals surface area contributed by atoms with E-state index < -0.39 is 23.4 Å². The maximum absolute atomic E-state index is 13.8. The number of rotatable bonds is 5. The zero-order valence-corrected chi connectivity index (χ0v) is 17.7. The Kier molecular flexibility index (Phi) is 5.48. The number of halogens is 2. The average Bonchev–Trinajstić information content (AvgIpc) is 3.02. The highest BCUT2D eigenvalue weighted by atomic mass is 19.2. The van der Waals surface area contributed by atoms with Crippen LogP contribution in [0.15, 0.2) is 66.4 Å². The number of carbonyl (C=O) groups excluding carboxylic acids is 2. The minimum absolute atomic E-state index is 0.0212. The lowest BCUT2D eigenvalue weighted by molar-refractivity contribution is -0.120. The van der Waals surface area contributed by atoms with Crippen LogP contribution in [-0.2, 0) is 9.59 Å². The molecule has 2 amide bonds. The maximum atomic E-state index is 13.8. The minimum atomic E-state index is -1.07. The summed E-state index contributed by atoms with van der Waals surface area (Å²) in [5.74, 6) is -2.73. The molecule has 0 radical (unpaired) electrons. The molecule has 0 saturated carbocycles. The van der Waals surface area contributed by atoms with Crippen molar-refractivity contribution >= 4 is 28.8 Å². The number of methoxy groups -OCH3 is 1. The van der Waals surface area contributed by atoms with Crippen molar-refractivity contribution in [1.82, 2.24) is 0 Å². The van der Waals surface area contributed by atoms with Crippen LogP contribution in [0.2, 0.25) is 0 Å². The van der Waals surface area contributed by atoms with Gasteiger partial charge in [-0.1, -0.05) is 24.3 Å².